The first kappa shape index (κ1) is 18.9. The number of rotatable bonds is 3. The van der Waals surface area contributed by atoms with Crippen molar-refractivity contribution in [2.45, 2.75) is 32.7 Å². The number of carbonyl (C=O) groups excluding carboxylic acids is 2. The van der Waals surface area contributed by atoms with Gasteiger partial charge in [0.15, 0.2) is 0 Å². The summed E-state index contributed by atoms with van der Waals surface area (Å²) in [4.78, 5) is 26.5. The van der Waals surface area contributed by atoms with E-state index in [0.29, 0.717) is 31.5 Å². The minimum absolute atomic E-state index is 0.00630. The summed E-state index contributed by atoms with van der Waals surface area (Å²) >= 11 is 0. The van der Waals surface area contributed by atoms with Crippen LogP contribution in [-0.4, -0.2) is 36.0 Å². The van der Waals surface area contributed by atoms with E-state index >= 15 is 0 Å². The molecule has 1 fully saturated rings. The molecule has 2 aromatic carbocycles. The van der Waals surface area contributed by atoms with Crippen LogP contribution in [0.1, 0.15) is 34.3 Å². The number of hydrogen-bond acceptors (Lipinski definition) is 2. The number of piperidine rings is 1. The monoisotopic (exact) mass is 369 g/mol. The highest BCUT2D eigenvalue weighted by atomic mass is 19.1. The minimum Gasteiger partial charge on any atom is -0.349 e. The lowest BCUT2D eigenvalue weighted by molar-refractivity contribution is 0.0919. The number of para-hydroxylation sites is 1. The molecule has 0 unspecified atom stereocenters. The summed E-state index contributed by atoms with van der Waals surface area (Å²) in [6.07, 6.45) is 1.38. The molecule has 0 saturated carbocycles. The largest absolute Gasteiger partial charge is 0.349 e. The number of nitrogens with one attached hydrogen (secondary N) is 2. The zero-order valence-electron chi connectivity index (χ0n) is 15.6. The van der Waals surface area contributed by atoms with Crippen molar-refractivity contribution < 1.29 is 14.0 Å². The van der Waals surface area contributed by atoms with Gasteiger partial charge in [-0.05, 0) is 62.1 Å². The molecule has 3 amide bonds. The number of nitrogens with zero attached hydrogens (tertiary/aromatic N) is 1. The van der Waals surface area contributed by atoms with Gasteiger partial charge in [-0.3, -0.25) is 4.79 Å². The lowest BCUT2D eigenvalue weighted by Crippen LogP contribution is -2.47. The molecule has 142 valence electrons. The van der Waals surface area contributed by atoms with E-state index in [1.807, 2.05) is 32.0 Å². The van der Waals surface area contributed by atoms with Crippen LogP contribution >= 0.6 is 0 Å². The highest BCUT2D eigenvalue weighted by Gasteiger charge is 2.24. The van der Waals surface area contributed by atoms with Crippen molar-refractivity contribution in [3.8, 4) is 0 Å². The Balaban J connectivity index is 1.52. The quantitative estimate of drug-likeness (QED) is 0.863. The molecule has 0 spiro atoms. The maximum atomic E-state index is 13.0. The molecule has 0 aromatic heterocycles. The fourth-order valence-corrected chi connectivity index (χ4v) is 3.29. The van der Waals surface area contributed by atoms with Crippen molar-refractivity contribution in [1.29, 1.82) is 0 Å². The number of hydrogen-bond donors (Lipinski definition) is 2. The van der Waals surface area contributed by atoms with Crippen molar-refractivity contribution in [3.05, 3.63) is 65.0 Å². The van der Waals surface area contributed by atoms with E-state index in [2.05, 4.69) is 10.6 Å². The number of carbonyl (C=O) groups is 2. The molecule has 27 heavy (non-hydrogen) atoms. The molecule has 6 heteroatoms. The van der Waals surface area contributed by atoms with Gasteiger partial charge in [-0.25, -0.2) is 9.18 Å². The maximum absolute atomic E-state index is 13.0. The molecule has 1 aliphatic rings. The molecule has 1 saturated heterocycles. The lowest BCUT2D eigenvalue weighted by atomic mass is 10.0. The summed E-state index contributed by atoms with van der Waals surface area (Å²) in [6, 6.07) is 11.3. The first-order valence-corrected chi connectivity index (χ1v) is 9.12. The van der Waals surface area contributed by atoms with Gasteiger partial charge in [0.25, 0.3) is 5.91 Å². The van der Waals surface area contributed by atoms with Crippen molar-refractivity contribution in [1.82, 2.24) is 10.2 Å². The number of halogens is 1. The van der Waals surface area contributed by atoms with Crippen LogP contribution < -0.4 is 10.6 Å². The minimum atomic E-state index is -0.366. The molecule has 0 atom stereocenters. The first-order valence-electron chi connectivity index (χ1n) is 9.12. The van der Waals surface area contributed by atoms with Crippen LogP contribution in [0.3, 0.4) is 0 Å². The van der Waals surface area contributed by atoms with Gasteiger partial charge in [-0.1, -0.05) is 18.2 Å². The second kappa shape index (κ2) is 8.20. The highest BCUT2D eigenvalue weighted by Crippen LogP contribution is 2.21. The third kappa shape index (κ3) is 4.64. The Kier molecular flexibility index (Phi) is 5.74. The van der Waals surface area contributed by atoms with E-state index in [9.17, 15) is 14.0 Å². The summed E-state index contributed by atoms with van der Waals surface area (Å²) < 4.78 is 13.0. The Hall–Kier alpha value is -2.89. The van der Waals surface area contributed by atoms with E-state index < -0.39 is 0 Å². The van der Waals surface area contributed by atoms with E-state index in [-0.39, 0.29) is 23.8 Å². The van der Waals surface area contributed by atoms with E-state index in [4.69, 9.17) is 0 Å². The van der Waals surface area contributed by atoms with Crippen molar-refractivity contribution in [2.24, 2.45) is 0 Å². The molecule has 1 aliphatic heterocycles. The summed E-state index contributed by atoms with van der Waals surface area (Å²) in [5, 5.41) is 5.96. The Morgan fingerprint density at radius 2 is 1.59 bits per heavy atom. The molecule has 2 N–H and O–H groups in total. The second-order valence-corrected chi connectivity index (χ2v) is 6.94. The predicted octanol–water partition coefficient (Wildman–Crippen LogP) is 3.87. The van der Waals surface area contributed by atoms with Gasteiger partial charge in [-0.15, -0.1) is 0 Å². The van der Waals surface area contributed by atoms with Crippen LogP contribution in [0.25, 0.3) is 0 Å². The van der Waals surface area contributed by atoms with Gasteiger partial charge in [0.1, 0.15) is 5.82 Å². The first-order chi connectivity index (χ1) is 12.9. The highest BCUT2D eigenvalue weighted by molar-refractivity contribution is 5.94. The molecule has 0 aliphatic carbocycles. The molecular formula is C21H24FN3O2. The van der Waals surface area contributed by atoms with Gasteiger partial charge in [0, 0.05) is 30.4 Å². The van der Waals surface area contributed by atoms with Crippen LogP contribution in [0.4, 0.5) is 14.9 Å². The van der Waals surface area contributed by atoms with Gasteiger partial charge in [-0.2, -0.15) is 0 Å². The Morgan fingerprint density at radius 3 is 2.19 bits per heavy atom. The number of likely N-dealkylation sites (tertiary alicyclic amines) is 1. The van der Waals surface area contributed by atoms with E-state index in [1.54, 1.807) is 4.90 Å². The van der Waals surface area contributed by atoms with Gasteiger partial charge >= 0.3 is 6.03 Å². The van der Waals surface area contributed by atoms with Crippen LogP contribution in [0.5, 0.6) is 0 Å². The second-order valence-electron chi connectivity index (χ2n) is 6.94. The molecule has 1 heterocycles. The SMILES string of the molecule is Cc1cccc(C)c1NC(=O)N1CCC(NC(=O)c2ccc(F)cc2)CC1. The van der Waals surface area contributed by atoms with Crippen molar-refractivity contribution in [3.63, 3.8) is 0 Å². The average Bonchev–Trinajstić information content (AvgIpc) is 2.66. The predicted molar refractivity (Wildman–Crippen MR) is 103 cm³/mol. The Labute approximate surface area is 158 Å². The zero-order chi connectivity index (χ0) is 19.4. The number of benzene rings is 2. The molecule has 3 rings (SSSR count). The summed E-state index contributed by atoms with van der Waals surface area (Å²) in [7, 11) is 0. The van der Waals surface area contributed by atoms with E-state index in [0.717, 1.165) is 16.8 Å². The smallest absolute Gasteiger partial charge is 0.321 e. The van der Waals surface area contributed by atoms with E-state index in [1.165, 1.54) is 24.3 Å². The average molecular weight is 369 g/mol. The number of anilines is 1. The number of amides is 3. The Bertz CT molecular complexity index is 808. The molecular weight excluding hydrogens is 345 g/mol. The fraction of sp³-hybridized carbons (Fsp3) is 0.333. The van der Waals surface area contributed by atoms with Crippen LogP contribution in [0.2, 0.25) is 0 Å². The molecule has 5 nitrogen and oxygen atoms in total. The standard InChI is InChI=1S/C21H24FN3O2/c1-14-4-3-5-15(2)19(14)24-21(27)25-12-10-18(11-13-25)23-20(26)16-6-8-17(22)9-7-16/h3-9,18H,10-13H2,1-2H3,(H,23,26)(H,24,27). The van der Waals surface area contributed by atoms with Crippen molar-refractivity contribution >= 4 is 17.6 Å². The Morgan fingerprint density at radius 1 is 1.00 bits per heavy atom. The number of aryl methyl sites for hydroxylation is 2. The van der Waals surface area contributed by atoms with Gasteiger partial charge in [0.05, 0.1) is 0 Å². The number of urea groups is 1. The molecule has 0 bridgehead atoms. The third-order valence-corrected chi connectivity index (χ3v) is 4.94. The van der Waals surface area contributed by atoms with Crippen LogP contribution in [0.15, 0.2) is 42.5 Å². The summed E-state index contributed by atoms with van der Waals surface area (Å²) in [5.41, 5.74) is 3.36. The zero-order valence-corrected chi connectivity index (χ0v) is 15.6. The van der Waals surface area contributed by atoms with Gasteiger partial charge in [0.2, 0.25) is 0 Å². The normalized spacial score (nSPS) is 14.7. The van der Waals surface area contributed by atoms with Crippen molar-refractivity contribution in [2.75, 3.05) is 18.4 Å². The summed E-state index contributed by atoms with van der Waals surface area (Å²) in [5.74, 6) is -0.580. The fourth-order valence-electron chi connectivity index (χ4n) is 3.29. The molecule has 0 radical (unpaired) electrons. The maximum Gasteiger partial charge on any atom is 0.321 e. The van der Waals surface area contributed by atoms with Crippen LogP contribution in [0, 0.1) is 19.7 Å². The lowest BCUT2D eigenvalue weighted by Gasteiger charge is -2.32. The van der Waals surface area contributed by atoms with Gasteiger partial charge < -0.3 is 15.5 Å². The topological polar surface area (TPSA) is 61.4 Å². The molecule has 2 aromatic rings. The third-order valence-electron chi connectivity index (χ3n) is 4.94. The summed E-state index contributed by atoms with van der Waals surface area (Å²) in [6.45, 7) is 5.09. The van der Waals surface area contributed by atoms with Crippen LogP contribution in [-0.2, 0) is 0 Å².